The molecular formula is C18H24BrNO5. The van der Waals surface area contributed by atoms with Gasteiger partial charge in [-0.05, 0) is 48.8 Å². The van der Waals surface area contributed by atoms with Crippen LogP contribution >= 0.6 is 15.9 Å². The van der Waals surface area contributed by atoms with Crippen molar-refractivity contribution in [1.29, 1.82) is 0 Å². The van der Waals surface area contributed by atoms with E-state index >= 15 is 0 Å². The second kappa shape index (κ2) is 7.64. The molecule has 1 amide bonds. The van der Waals surface area contributed by atoms with Crippen LogP contribution in [0.1, 0.15) is 33.6 Å². The average molecular weight is 414 g/mol. The highest BCUT2D eigenvalue weighted by Crippen LogP contribution is 2.34. The third-order valence-corrected chi connectivity index (χ3v) is 4.58. The van der Waals surface area contributed by atoms with Gasteiger partial charge in [-0.3, -0.25) is 0 Å². The molecule has 1 aromatic rings. The Balaban J connectivity index is 2.12. The fourth-order valence-electron chi connectivity index (χ4n) is 2.65. The second-order valence-electron chi connectivity index (χ2n) is 6.99. The largest absolute Gasteiger partial charge is 0.474 e. The molecule has 1 aliphatic heterocycles. The fourth-order valence-corrected chi connectivity index (χ4v) is 3.01. The van der Waals surface area contributed by atoms with E-state index in [2.05, 4.69) is 15.9 Å². The molecule has 1 heterocycles. The van der Waals surface area contributed by atoms with E-state index in [4.69, 9.17) is 14.2 Å². The molecule has 0 N–H and O–H groups in total. The van der Waals surface area contributed by atoms with Crippen LogP contribution in [-0.4, -0.2) is 48.4 Å². The first-order valence-corrected chi connectivity index (χ1v) is 8.96. The number of esters is 1. The van der Waals surface area contributed by atoms with E-state index in [1.165, 1.54) is 7.11 Å². The van der Waals surface area contributed by atoms with Gasteiger partial charge in [-0.15, -0.1) is 0 Å². The number of rotatable bonds is 3. The van der Waals surface area contributed by atoms with Crippen molar-refractivity contribution >= 4 is 28.0 Å². The molecule has 7 heteroatoms. The lowest BCUT2D eigenvalue weighted by Crippen LogP contribution is -2.55. The lowest BCUT2D eigenvalue weighted by molar-refractivity contribution is -0.163. The van der Waals surface area contributed by atoms with Gasteiger partial charge < -0.3 is 19.1 Å². The highest BCUT2D eigenvalue weighted by molar-refractivity contribution is 9.10. The van der Waals surface area contributed by atoms with Crippen molar-refractivity contribution in [3.63, 3.8) is 0 Å². The predicted octanol–water partition coefficient (Wildman–Crippen LogP) is 3.77. The molecule has 0 unspecified atom stereocenters. The zero-order valence-electron chi connectivity index (χ0n) is 15.0. The van der Waals surface area contributed by atoms with Gasteiger partial charge in [0.15, 0.2) is 0 Å². The van der Waals surface area contributed by atoms with E-state index in [0.717, 1.165) is 4.47 Å². The van der Waals surface area contributed by atoms with Crippen molar-refractivity contribution in [3.8, 4) is 5.75 Å². The molecule has 2 rings (SSSR count). The van der Waals surface area contributed by atoms with E-state index in [1.54, 1.807) is 11.0 Å². The van der Waals surface area contributed by atoms with Crippen LogP contribution in [0.3, 0.4) is 0 Å². The van der Waals surface area contributed by atoms with Gasteiger partial charge in [0.05, 0.1) is 11.6 Å². The minimum atomic E-state index is -1.11. The Bertz CT molecular complexity index is 633. The molecule has 0 bridgehead atoms. The Morgan fingerprint density at radius 2 is 1.76 bits per heavy atom. The quantitative estimate of drug-likeness (QED) is 0.705. The molecule has 1 fully saturated rings. The van der Waals surface area contributed by atoms with Crippen LogP contribution in [0.15, 0.2) is 28.7 Å². The van der Waals surface area contributed by atoms with Crippen molar-refractivity contribution in [3.05, 3.63) is 28.7 Å². The summed E-state index contributed by atoms with van der Waals surface area (Å²) >= 11 is 3.42. The maximum absolute atomic E-state index is 12.4. The fraction of sp³-hybridized carbons (Fsp3) is 0.556. The number of para-hydroxylation sites is 1. The maximum Gasteiger partial charge on any atom is 0.410 e. The van der Waals surface area contributed by atoms with Crippen LogP contribution in [0.2, 0.25) is 0 Å². The topological polar surface area (TPSA) is 65.1 Å². The number of ether oxygens (including phenoxy) is 3. The molecule has 0 aromatic heterocycles. The summed E-state index contributed by atoms with van der Waals surface area (Å²) in [6.45, 7) is 6.18. The zero-order valence-corrected chi connectivity index (χ0v) is 16.6. The molecule has 138 valence electrons. The Morgan fingerprint density at radius 3 is 2.28 bits per heavy atom. The van der Waals surface area contributed by atoms with E-state index in [0.29, 0.717) is 31.7 Å². The van der Waals surface area contributed by atoms with Gasteiger partial charge in [0.2, 0.25) is 5.60 Å². The molecule has 1 aliphatic rings. The van der Waals surface area contributed by atoms with Gasteiger partial charge in [0.1, 0.15) is 11.4 Å². The molecule has 1 saturated heterocycles. The smallest absolute Gasteiger partial charge is 0.410 e. The Hall–Kier alpha value is -1.76. The summed E-state index contributed by atoms with van der Waals surface area (Å²) in [6, 6.07) is 7.33. The molecule has 1 aromatic carbocycles. The third-order valence-electron chi connectivity index (χ3n) is 3.92. The summed E-state index contributed by atoms with van der Waals surface area (Å²) in [5.74, 6) is 0.130. The highest BCUT2D eigenvalue weighted by atomic mass is 79.9. The molecule has 25 heavy (non-hydrogen) atoms. The number of piperidine rings is 1. The molecule has 0 radical (unpaired) electrons. The highest BCUT2D eigenvalue weighted by Gasteiger charge is 2.46. The number of carbonyl (C=O) groups excluding carboxylic acids is 2. The standard InChI is InChI=1S/C18H24BrNO5/c1-17(2,3)25-16(22)20-11-9-18(10-12-20,15(21)23-4)24-14-8-6-5-7-13(14)19/h5-8H,9-12H2,1-4H3. The Morgan fingerprint density at radius 1 is 1.16 bits per heavy atom. The molecular weight excluding hydrogens is 390 g/mol. The first-order valence-electron chi connectivity index (χ1n) is 8.17. The number of amides is 1. The number of nitrogens with zero attached hydrogens (tertiary/aromatic N) is 1. The summed E-state index contributed by atoms with van der Waals surface area (Å²) in [7, 11) is 1.34. The number of benzene rings is 1. The Labute approximate surface area is 156 Å². The lowest BCUT2D eigenvalue weighted by Gasteiger charge is -2.40. The van der Waals surface area contributed by atoms with Gasteiger partial charge in [-0.2, -0.15) is 0 Å². The normalized spacial score (nSPS) is 16.9. The summed E-state index contributed by atoms with van der Waals surface area (Å²) in [4.78, 5) is 26.2. The number of methoxy groups -OCH3 is 1. The molecule has 0 atom stereocenters. The van der Waals surface area contributed by atoms with Crippen LogP contribution < -0.4 is 4.74 Å². The molecule has 0 aliphatic carbocycles. The summed E-state index contributed by atoms with van der Waals surface area (Å²) in [5.41, 5.74) is -1.67. The van der Waals surface area contributed by atoms with E-state index in [-0.39, 0.29) is 6.09 Å². The van der Waals surface area contributed by atoms with Crippen molar-refractivity contribution in [2.75, 3.05) is 20.2 Å². The second-order valence-corrected chi connectivity index (χ2v) is 7.84. The molecule has 0 saturated carbocycles. The lowest BCUT2D eigenvalue weighted by atomic mass is 9.91. The van der Waals surface area contributed by atoms with Crippen molar-refractivity contribution in [2.24, 2.45) is 0 Å². The number of halogens is 1. The number of likely N-dealkylation sites (tertiary alicyclic amines) is 1. The van der Waals surface area contributed by atoms with Crippen LogP contribution in [0.25, 0.3) is 0 Å². The maximum atomic E-state index is 12.4. The monoisotopic (exact) mass is 413 g/mol. The molecule has 0 spiro atoms. The van der Waals surface area contributed by atoms with Gasteiger partial charge >= 0.3 is 12.1 Å². The van der Waals surface area contributed by atoms with E-state index in [9.17, 15) is 9.59 Å². The third kappa shape index (κ3) is 4.87. The number of hydrogen-bond donors (Lipinski definition) is 0. The van der Waals surface area contributed by atoms with Crippen molar-refractivity contribution < 1.29 is 23.8 Å². The van der Waals surface area contributed by atoms with Gasteiger partial charge in [0.25, 0.3) is 0 Å². The SMILES string of the molecule is COC(=O)C1(Oc2ccccc2Br)CCN(C(=O)OC(C)(C)C)CC1. The van der Waals surface area contributed by atoms with Crippen LogP contribution in [0, 0.1) is 0 Å². The van der Waals surface area contributed by atoms with E-state index < -0.39 is 17.2 Å². The van der Waals surface area contributed by atoms with Gasteiger partial charge in [-0.1, -0.05) is 12.1 Å². The first kappa shape index (κ1) is 19.6. The zero-order chi connectivity index (χ0) is 18.7. The average Bonchev–Trinajstić information content (AvgIpc) is 2.55. The van der Waals surface area contributed by atoms with Crippen LogP contribution in [0.5, 0.6) is 5.75 Å². The Kier molecular flexibility index (Phi) is 5.98. The van der Waals surface area contributed by atoms with Crippen molar-refractivity contribution in [1.82, 2.24) is 4.90 Å². The number of carbonyl (C=O) groups is 2. The number of hydrogen-bond acceptors (Lipinski definition) is 5. The predicted molar refractivity (Wildman–Crippen MR) is 96.6 cm³/mol. The first-order chi connectivity index (χ1) is 11.7. The van der Waals surface area contributed by atoms with Crippen LogP contribution in [-0.2, 0) is 14.3 Å². The summed E-state index contributed by atoms with van der Waals surface area (Å²) in [5, 5.41) is 0. The summed E-state index contributed by atoms with van der Waals surface area (Å²) < 4.78 is 17.2. The molecule has 6 nitrogen and oxygen atoms in total. The van der Waals surface area contributed by atoms with Crippen LogP contribution in [0.4, 0.5) is 4.79 Å². The van der Waals surface area contributed by atoms with E-state index in [1.807, 2.05) is 39.0 Å². The van der Waals surface area contributed by atoms with Gasteiger partial charge in [-0.25, -0.2) is 9.59 Å². The van der Waals surface area contributed by atoms with Crippen molar-refractivity contribution in [2.45, 2.75) is 44.8 Å². The van der Waals surface area contributed by atoms with Gasteiger partial charge in [0, 0.05) is 25.9 Å². The summed E-state index contributed by atoms with van der Waals surface area (Å²) in [6.07, 6.45) is 0.285. The minimum Gasteiger partial charge on any atom is -0.474 e. The minimum absolute atomic E-state index is 0.334.